The van der Waals surface area contributed by atoms with Crippen molar-refractivity contribution in [2.75, 3.05) is 65.4 Å². The zero-order chi connectivity index (χ0) is 17.2. The number of benzene rings is 1. The summed E-state index contributed by atoms with van der Waals surface area (Å²) in [7, 11) is 5.66. The highest BCUT2D eigenvalue weighted by Crippen LogP contribution is 2.19. The molecule has 0 aliphatic carbocycles. The summed E-state index contributed by atoms with van der Waals surface area (Å²) in [5, 5.41) is 6.93. The van der Waals surface area contributed by atoms with Crippen LogP contribution >= 0.6 is 24.0 Å². The van der Waals surface area contributed by atoms with Crippen LogP contribution in [0, 0.1) is 0 Å². The van der Waals surface area contributed by atoms with Gasteiger partial charge in [-0.25, -0.2) is 0 Å². The average Bonchev–Trinajstić information content (AvgIpc) is 3.08. The molecule has 1 aliphatic rings. The number of nitrogens with one attached hydrogen (secondary N) is 2. The lowest BCUT2D eigenvalue weighted by Crippen LogP contribution is -2.46. The van der Waals surface area contributed by atoms with Crippen molar-refractivity contribution in [2.24, 2.45) is 4.99 Å². The Labute approximate surface area is 169 Å². The van der Waals surface area contributed by atoms with Crippen molar-refractivity contribution in [3.63, 3.8) is 0 Å². The van der Waals surface area contributed by atoms with Crippen LogP contribution in [0.1, 0.15) is 6.42 Å². The summed E-state index contributed by atoms with van der Waals surface area (Å²) in [5.74, 6) is 0.884. The first-order valence-electron chi connectivity index (χ1n) is 8.67. The van der Waals surface area contributed by atoms with E-state index in [1.54, 1.807) is 7.11 Å². The summed E-state index contributed by atoms with van der Waals surface area (Å²) >= 11 is 0. The highest BCUT2D eigenvalue weighted by atomic mass is 127. The minimum Gasteiger partial charge on any atom is -0.383 e. The maximum Gasteiger partial charge on any atom is 0.191 e. The number of likely N-dealkylation sites (N-methyl/N-ethyl adjacent to an activating group) is 1. The number of nitrogens with zero attached hydrogens (tertiary/aromatic N) is 3. The molecule has 1 aliphatic heterocycles. The first kappa shape index (κ1) is 22.0. The minimum atomic E-state index is 0. The second kappa shape index (κ2) is 12.3. The highest BCUT2D eigenvalue weighted by molar-refractivity contribution is 14.0. The van der Waals surface area contributed by atoms with E-state index in [9.17, 15) is 0 Å². The number of ether oxygens (including phenoxy) is 1. The summed E-state index contributed by atoms with van der Waals surface area (Å²) in [6, 6.07) is 11.0. The SMILES string of the molecule is CN=C(NCCN(C)CCOC)NC1CCN(c2ccccc2)C1.I. The van der Waals surface area contributed by atoms with E-state index in [0.29, 0.717) is 6.04 Å². The second-order valence-electron chi connectivity index (χ2n) is 6.21. The molecule has 1 heterocycles. The van der Waals surface area contributed by atoms with Gasteiger partial charge in [-0.1, -0.05) is 18.2 Å². The molecule has 0 bridgehead atoms. The Kier molecular flexibility index (Phi) is 10.8. The molecule has 25 heavy (non-hydrogen) atoms. The van der Waals surface area contributed by atoms with E-state index in [1.165, 1.54) is 5.69 Å². The molecule has 6 nitrogen and oxygen atoms in total. The van der Waals surface area contributed by atoms with E-state index in [2.05, 4.69) is 62.8 Å². The van der Waals surface area contributed by atoms with Crippen molar-refractivity contribution in [2.45, 2.75) is 12.5 Å². The molecular weight excluding hydrogens is 429 g/mol. The molecule has 0 aromatic heterocycles. The number of rotatable bonds is 8. The predicted octanol–water partition coefficient (Wildman–Crippen LogP) is 1.63. The van der Waals surface area contributed by atoms with E-state index in [0.717, 1.165) is 51.7 Å². The highest BCUT2D eigenvalue weighted by Gasteiger charge is 2.23. The van der Waals surface area contributed by atoms with Gasteiger partial charge in [-0.15, -0.1) is 24.0 Å². The lowest BCUT2D eigenvalue weighted by atomic mass is 10.3. The number of aliphatic imine (C=N–C) groups is 1. The summed E-state index contributed by atoms with van der Waals surface area (Å²) in [4.78, 5) is 9.01. The lowest BCUT2D eigenvalue weighted by Gasteiger charge is -2.21. The largest absolute Gasteiger partial charge is 0.383 e. The van der Waals surface area contributed by atoms with Gasteiger partial charge < -0.3 is 25.2 Å². The van der Waals surface area contributed by atoms with Gasteiger partial charge in [-0.2, -0.15) is 0 Å². The van der Waals surface area contributed by atoms with Crippen molar-refractivity contribution in [1.82, 2.24) is 15.5 Å². The normalized spacial score (nSPS) is 17.5. The monoisotopic (exact) mass is 461 g/mol. The Hall–Kier alpha value is -1.06. The smallest absolute Gasteiger partial charge is 0.191 e. The zero-order valence-corrected chi connectivity index (χ0v) is 17.9. The number of hydrogen-bond acceptors (Lipinski definition) is 4. The number of methoxy groups -OCH3 is 1. The van der Waals surface area contributed by atoms with Gasteiger partial charge in [-0.05, 0) is 25.6 Å². The fraction of sp³-hybridized carbons (Fsp3) is 0.611. The average molecular weight is 461 g/mol. The van der Waals surface area contributed by atoms with Gasteiger partial charge in [-0.3, -0.25) is 4.99 Å². The Bertz CT molecular complexity index is 499. The van der Waals surface area contributed by atoms with E-state index < -0.39 is 0 Å². The molecule has 7 heteroatoms. The predicted molar refractivity (Wildman–Crippen MR) is 116 cm³/mol. The zero-order valence-electron chi connectivity index (χ0n) is 15.6. The van der Waals surface area contributed by atoms with Gasteiger partial charge in [0, 0.05) is 58.6 Å². The van der Waals surface area contributed by atoms with E-state index in [1.807, 2.05) is 7.05 Å². The third-order valence-electron chi connectivity index (χ3n) is 4.34. The molecule has 1 aromatic carbocycles. The summed E-state index contributed by atoms with van der Waals surface area (Å²) in [6.45, 7) is 5.64. The second-order valence-corrected chi connectivity index (χ2v) is 6.21. The van der Waals surface area contributed by atoms with Gasteiger partial charge >= 0.3 is 0 Å². The van der Waals surface area contributed by atoms with Gasteiger partial charge in [0.05, 0.1) is 6.61 Å². The molecule has 1 unspecified atom stereocenters. The van der Waals surface area contributed by atoms with Gasteiger partial charge in [0.1, 0.15) is 0 Å². The summed E-state index contributed by atoms with van der Waals surface area (Å²) in [6.07, 6.45) is 1.13. The van der Waals surface area contributed by atoms with Crippen molar-refractivity contribution in [3.8, 4) is 0 Å². The molecule has 1 atom stereocenters. The quantitative estimate of drug-likeness (QED) is 0.350. The molecule has 142 valence electrons. The van der Waals surface area contributed by atoms with Gasteiger partial charge in [0.15, 0.2) is 5.96 Å². The molecule has 0 radical (unpaired) electrons. The number of guanidine groups is 1. The fourth-order valence-electron chi connectivity index (χ4n) is 2.86. The maximum atomic E-state index is 5.09. The molecule has 2 rings (SSSR count). The third-order valence-corrected chi connectivity index (χ3v) is 4.34. The van der Waals surface area contributed by atoms with Crippen molar-refractivity contribution < 1.29 is 4.74 Å². The molecule has 2 N–H and O–H groups in total. The fourth-order valence-corrected chi connectivity index (χ4v) is 2.86. The lowest BCUT2D eigenvalue weighted by molar-refractivity contribution is 0.162. The number of halogens is 1. The van der Waals surface area contributed by atoms with E-state index >= 15 is 0 Å². The van der Waals surface area contributed by atoms with Crippen LogP contribution in [0.4, 0.5) is 5.69 Å². The van der Waals surface area contributed by atoms with Crippen LogP contribution in [-0.4, -0.2) is 77.4 Å². The number of anilines is 1. The molecule has 1 saturated heterocycles. The third kappa shape index (κ3) is 7.79. The molecule has 1 fully saturated rings. The molecule has 0 spiro atoms. The maximum absolute atomic E-state index is 5.09. The van der Waals surface area contributed by atoms with Crippen LogP contribution in [0.5, 0.6) is 0 Å². The van der Waals surface area contributed by atoms with Crippen molar-refractivity contribution in [3.05, 3.63) is 30.3 Å². The first-order valence-corrected chi connectivity index (χ1v) is 8.67. The number of hydrogen-bond donors (Lipinski definition) is 2. The van der Waals surface area contributed by atoms with Gasteiger partial charge in [0.25, 0.3) is 0 Å². The summed E-state index contributed by atoms with van der Waals surface area (Å²) in [5.41, 5.74) is 1.30. The van der Waals surface area contributed by atoms with Crippen molar-refractivity contribution >= 4 is 35.6 Å². The molecular formula is C18H32IN5O. The van der Waals surface area contributed by atoms with Crippen LogP contribution in [-0.2, 0) is 4.74 Å². The topological polar surface area (TPSA) is 52.1 Å². The van der Waals surface area contributed by atoms with Crippen LogP contribution in [0.15, 0.2) is 35.3 Å². The van der Waals surface area contributed by atoms with Crippen LogP contribution in [0.2, 0.25) is 0 Å². The van der Waals surface area contributed by atoms with E-state index in [4.69, 9.17) is 4.74 Å². The Morgan fingerprint density at radius 2 is 2.08 bits per heavy atom. The van der Waals surface area contributed by atoms with Crippen LogP contribution in [0.25, 0.3) is 0 Å². The minimum absolute atomic E-state index is 0. The first-order chi connectivity index (χ1) is 11.7. The summed E-state index contributed by atoms with van der Waals surface area (Å²) < 4.78 is 5.09. The number of para-hydroxylation sites is 1. The Morgan fingerprint density at radius 3 is 2.76 bits per heavy atom. The van der Waals surface area contributed by atoms with Crippen molar-refractivity contribution in [1.29, 1.82) is 0 Å². The Balaban J connectivity index is 0.00000312. The molecule has 1 aromatic rings. The Morgan fingerprint density at radius 1 is 1.32 bits per heavy atom. The van der Waals surface area contributed by atoms with Crippen LogP contribution < -0.4 is 15.5 Å². The molecule has 0 saturated carbocycles. The van der Waals surface area contributed by atoms with Gasteiger partial charge in [0.2, 0.25) is 0 Å². The standard InChI is InChI=1S/C18H31N5O.HI/c1-19-18(20-10-12-22(2)13-14-24-3)21-16-9-11-23(15-16)17-7-5-4-6-8-17;/h4-8,16H,9-15H2,1-3H3,(H2,19,20,21);1H. The van der Waals surface area contributed by atoms with E-state index in [-0.39, 0.29) is 24.0 Å². The van der Waals surface area contributed by atoms with Crippen LogP contribution in [0.3, 0.4) is 0 Å². The molecule has 0 amide bonds.